The Morgan fingerprint density at radius 3 is 2.44 bits per heavy atom. The third-order valence-electron chi connectivity index (χ3n) is 6.78. The molecule has 0 saturated heterocycles. The highest BCUT2D eigenvalue weighted by Gasteiger charge is 2.38. The highest BCUT2D eigenvalue weighted by atomic mass is 19.1. The fraction of sp³-hybridized carbons (Fsp3) is 0.483. The van der Waals surface area contributed by atoms with Gasteiger partial charge in [-0.1, -0.05) is 38.1 Å². The van der Waals surface area contributed by atoms with E-state index in [1.54, 1.807) is 31.2 Å². The molecular formula is C29H37B3FN3O5. The van der Waals surface area contributed by atoms with Crippen LogP contribution in [0.25, 0.3) is 0 Å². The number of carbonyl (C=O) groups is 3. The molecule has 2 aromatic rings. The molecule has 0 aromatic heterocycles. The Balaban J connectivity index is 2.38. The molecule has 0 saturated carbocycles. The lowest BCUT2D eigenvalue weighted by Crippen LogP contribution is -2.58. The molecule has 0 fully saturated rings. The SMILES string of the molecule is [B]C([B])(Oc1cccc(C)c1CN(C=O)C([B])(CCC=O)C(=O)NC)c1ccc(CN(CCO)CC(C)C)cc1F. The van der Waals surface area contributed by atoms with Gasteiger partial charge in [-0.3, -0.25) is 14.5 Å². The Kier molecular flexibility index (Phi) is 12.7. The van der Waals surface area contributed by atoms with Crippen molar-refractivity contribution in [2.75, 3.05) is 26.7 Å². The molecule has 1 unspecified atom stereocenters. The highest BCUT2D eigenvalue weighted by Crippen LogP contribution is 2.32. The minimum absolute atomic E-state index is 0.0122. The third kappa shape index (κ3) is 8.94. The number of aryl methyl sites for hydroxylation is 1. The zero-order valence-corrected chi connectivity index (χ0v) is 24.2. The Morgan fingerprint density at radius 2 is 1.88 bits per heavy atom. The van der Waals surface area contributed by atoms with E-state index in [4.69, 9.17) is 28.3 Å². The van der Waals surface area contributed by atoms with Gasteiger partial charge in [0, 0.05) is 50.8 Å². The van der Waals surface area contributed by atoms with Crippen molar-refractivity contribution in [1.29, 1.82) is 0 Å². The molecule has 0 heterocycles. The van der Waals surface area contributed by atoms with Crippen LogP contribution in [0.4, 0.5) is 4.39 Å². The van der Waals surface area contributed by atoms with Crippen molar-refractivity contribution in [3.8, 4) is 5.75 Å². The number of nitrogens with one attached hydrogen (secondary N) is 1. The van der Waals surface area contributed by atoms with Crippen molar-refractivity contribution in [2.24, 2.45) is 5.92 Å². The van der Waals surface area contributed by atoms with E-state index in [9.17, 15) is 19.5 Å². The first kappa shape index (κ1) is 34.1. The molecule has 1 atom stereocenters. The standard InChI is InChI=1S/C29H37B3FN3O5/c1-20(2)16-35(12-14-38)17-22-9-10-24(25(33)15-22)29(31,32)41-26-8-5-7-21(3)23(26)18-36(19-39)28(30,11-6-13-37)27(40)34-4/h5,7-10,13,15,19-20,38H,6,11-12,14,16-18H2,1-4H3,(H,34,40). The molecule has 2 rings (SSSR count). The summed E-state index contributed by atoms with van der Waals surface area (Å²) in [5, 5.41) is 9.71. The minimum Gasteiger partial charge on any atom is -0.502 e. The summed E-state index contributed by atoms with van der Waals surface area (Å²) in [4.78, 5) is 38.9. The Bertz CT molecular complexity index is 1200. The summed E-state index contributed by atoms with van der Waals surface area (Å²) in [6.45, 7) is 7.31. The van der Waals surface area contributed by atoms with Crippen molar-refractivity contribution < 1.29 is 28.6 Å². The average Bonchev–Trinajstić information content (AvgIpc) is 2.90. The van der Waals surface area contributed by atoms with Crippen molar-refractivity contribution >= 4 is 42.1 Å². The van der Waals surface area contributed by atoms with Crippen molar-refractivity contribution in [3.05, 3.63) is 64.5 Å². The normalized spacial score (nSPS) is 13.1. The van der Waals surface area contributed by atoms with E-state index in [1.165, 1.54) is 19.2 Å². The van der Waals surface area contributed by atoms with Gasteiger partial charge in [-0.05, 0) is 42.5 Å². The Morgan fingerprint density at radius 1 is 1.17 bits per heavy atom. The summed E-state index contributed by atoms with van der Waals surface area (Å²) in [6, 6.07) is 9.50. The van der Waals surface area contributed by atoms with Crippen LogP contribution in [-0.4, -0.2) is 89.2 Å². The van der Waals surface area contributed by atoms with Gasteiger partial charge in [-0.15, -0.1) is 0 Å². The number of nitrogens with zero attached hydrogens (tertiary/aromatic N) is 2. The van der Waals surface area contributed by atoms with Crippen LogP contribution in [0.5, 0.6) is 5.75 Å². The van der Waals surface area contributed by atoms with Crippen LogP contribution in [0, 0.1) is 18.7 Å². The quantitative estimate of drug-likeness (QED) is 0.226. The fourth-order valence-corrected chi connectivity index (χ4v) is 4.66. The van der Waals surface area contributed by atoms with E-state index >= 15 is 4.39 Å². The maximum atomic E-state index is 15.3. The van der Waals surface area contributed by atoms with Crippen LogP contribution < -0.4 is 10.1 Å². The zero-order valence-electron chi connectivity index (χ0n) is 24.2. The molecule has 2 aromatic carbocycles. The van der Waals surface area contributed by atoms with Crippen LogP contribution in [0.15, 0.2) is 36.4 Å². The van der Waals surface area contributed by atoms with Gasteiger partial charge >= 0.3 is 0 Å². The summed E-state index contributed by atoms with van der Waals surface area (Å²) >= 11 is 0. The predicted molar refractivity (Wildman–Crippen MR) is 158 cm³/mol. The maximum Gasteiger partial charge on any atom is 0.236 e. The van der Waals surface area contributed by atoms with Crippen LogP contribution in [-0.2, 0) is 32.9 Å². The number of aldehydes is 1. The molecule has 0 spiro atoms. The van der Waals surface area contributed by atoms with E-state index in [-0.39, 0.29) is 37.3 Å². The number of benzene rings is 2. The number of amides is 2. The molecule has 12 heteroatoms. The van der Waals surface area contributed by atoms with Gasteiger partial charge < -0.3 is 24.9 Å². The number of halogens is 1. The number of aliphatic hydroxyl groups excluding tert-OH is 1. The van der Waals surface area contributed by atoms with Crippen molar-refractivity contribution in [3.63, 3.8) is 0 Å². The summed E-state index contributed by atoms with van der Waals surface area (Å²) in [5.41, 5.74) is -0.123. The second-order valence-corrected chi connectivity index (χ2v) is 10.6. The number of ether oxygens (including phenoxy) is 1. The first-order valence-corrected chi connectivity index (χ1v) is 13.5. The van der Waals surface area contributed by atoms with E-state index in [1.807, 2.05) is 4.90 Å². The van der Waals surface area contributed by atoms with Gasteiger partial charge in [0.25, 0.3) is 0 Å². The molecule has 0 aliphatic carbocycles. The summed E-state index contributed by atoms with van der Waals surface area (Å²) in [5.74, 6) is -0.794. The summed E-state index contributed by atoms with van der Waals surface area (Å²) in [6.07, 6.45) is 0.872. The Hall–Kier alpha value is -3.11. The van der Waals surface area contributed by atoms with Gasteiger partial charge in [-0.2, -0.15) is 0 Å². The highest BCUT2D eigenvalue weighted by molar-refractivity contribution is 6.39. The average molecular weight is 559 g/mol. The molecule has 214 valence electrons. The maximum absolute atomic E-state index is 15.3. The zero-order chi connectivity index (χ0) is 30.8. The van der Waals surface area contributed by atoms with Crippen LogP contribution in [0.1, 0.15) is 48.9 Å². The number of aliphatic hydroxyl groups is 1. The Labute approximate surface area is 246 Å². The molecule has 41 heavy (non-hydrogen) atoms. The molecule has 0 aliphatic rings. The lowest BCUT2D eigenvalue weighted by molar-refractivity contribution is -0.136. The van der Waals surface area contributed by atoms with Gasteiger partial charge in [0.05, 0.1) is 17.4 Å². The number of carbonyl (C=O) groups excluding carboxylic acids is 3. The van der Waals surface area contributed by atoms with E-state index < -0.39 is 22.6 Å². The lowest BCUT2D eigenvalue weighted by atomic mass is 9.61. The van der Waals surface area contributed by atoms with Crippen LogP contribution in [0.3, 0.4) is 0 Å². The van der Waals surface area contributed by atoms with E-state index in [2.05, 4.69) is 19.2 Å². The molecule has 0 aliphatic heterocycles. The summed E-state index contributed by atoms with van der Waals surface area (Å²) < 4.78 is 21.3. The predicted octanol–water partition coefficient (Wildman–Crippen LogP) is 1.66. The first-order chi connectivity index (χ1) is 19.3. The van der Waals surface area contributed by atoms with Crippen molar-refractivity contribution in [2.45, 2.75) is 57.5 Å². The molecule has 8 nitrogen and oxygen atoms in total. The first-order valence-electron chi connectivity index (χ1n) is 13.5. The molecule has 6 radical (unpaired) electrons. The second kappa shape index (κ2) is 15.2. The van der Waals surface area contributed by atoms with Gasteiger partial charge in [0.15, 0.2) is 0 Å². The topological polar surface area (TPSA) is 99.2 Å². The monoisotopic (exact) mass is 559 g/mol. The lowest BCUT2D eigenvalue weighted by Gasteiger charge is -2.39. The summed E-state index contributed by atoms with van der Waals surface area (Å²) in [7, 11) is 20.3. The van der Waals surface area contributed by atoms with Crippen molar-refractivity contribution in [1.82, 2.24) is 15.1 Å². The van der Waals surface area contributed by atoms with E-state index in [0.29, 0.717) is 48.4 Å². The number of likely N-dealkylation sites (N-methyl/N-ethyl adjacent to an activating group) is 1. The molecular weight excluding hydrogens is 522 g/mol. The molecule has 0 bridgehead atoms. The smallest absolute Gasteiger partial charge is 0.236 e. The fourth-order valence-electron chi connectivity index (χ4n) is 4.66. The molecule has 2 amide bonds. The third-order valence-corrected chi connectivity index (χ3v) is 6.78. The molecule has 2 N–H and O–H groups in total. The van der Waals surface area contributed by atoms with Gasteiger partial charge in [-0.25, -0.2) is 4.39 Å². The van der Waals surface area contributed by atoms with Gasteiger partial charge in [0.1, 0.15) is 41.4 Å². The number of hydrogen-bond donors (Lipinski definition) is 2. The van der Waals surface area contributed by atoms with Gasteiger partial charge in [0.2, 0.25) is 12.3 Å². The number of rotatable bonds is 17. The minimum atomic E-state index is -2.10. The second-order valence-electron chi connectivity index (χ2n) is 10.6. The van der Waals surface area contributed by atoms with Crippen LogP contribution in [0.2, 0.25) is 0 Å². The van der Waals surface area contributed by atoms with Crippen LogP contribution >= 0.6 is 0 Å². The number of hydrogen-bond acceptors (Lipinski definition) is 6. The largest absolute Gasteiger partial charge is 0.502 e. The van der Waals surface area contributed by atoms with E-state index in [0.717, 1.165) is 11.4 Å².